The second kappa shape index (κ2) is 17.0. The van der Waals surface area contributed by atoms with Gasteiger partial charge >= 0.3 is 0 Å². The van der Waals surface area contributed by atoms with E-state index in [4.69, 9.17) is 10.8 Å². The van der Waals surface area contributed by atoms with Crippen LogP contribution in [0.2, 0.25) is 0 Å². The highest BCUT2D eigenvalue weighted by molar-refractivity contribution is 7.59. The Bertz CT molecular complexity index is 1350. The zero-order valence-electron chi connectivity index (χ0n) is 26.5. The van der Waals surface area contributed by atoms with Crippen LogP contribution < -0.4 is 10.6 Å². The second-order valence-corrected chi connectivity index (χ2v) is 11.3. The third-order valence-electron chi connectivity index (χ3n) is 8.32. The number of amides is 2. The minimum absolute atomic E-state index is 0. The van der Waals surface area contributed by atoms with Crippen molar-refractivity contribution in [2.24, 2.45) is 0 Å². The number of carbonyl (C=O) groups is 2. The molecule has 0 spiro atoms. The summed E-state index contributed by atoms with van der Waals surface area (Å²) in [6.45, 7) is 6.94. The second-order valence-electron chi connectivity index (χ2n) is 11.3. The highest BCUT2D eigenvalue weighted by Crippen LogP contribution is 2.21. The molecule has 2 fully saturated rings. The molecule has 0 radical (unpaired) electrons. The first kappa shape index (κ1) is 36.3. The molecule has 2 saturated heterocycles. The SMILES string of the molecule is CCN1C(=N)N(CC(=O)Nc2ccc(NC(=O)CN3C[C@H](Cc4ccccc4)N(CC)C3=N)cc2)C[C@@H]1Cc1ccccc1.S.S. The van der Waals surface area contributed by atoms with Crippen molar-refractivity contribution in [2.75, 3.05) is 49.9 Å². The quantitative estimate of drug-likeness (QED) is 0.232. The van der Waals surface area contributed by atoms with Crippen molar-refractivity contribution in [1.29, 1.82) is 10.8 Å². The maximum Gasteiger partial charge on any atom is 0.244 e. The Morgan fingerprint density at radius 3 is 1.30 bits per heavy atom. The third-order valence-corrected chi connectivity index (χ3v) is 8.32. The van der Waals surface area contributed by atoms with E-state index >= 15 is 0 Å². The summed E-state index contributed by atoms with van der Waals surface area (Å²) in [6, 6.07) is 27.8. The van der Waals surface area contributed by atoms with E-state index in [9.17, 15) is 9.59 Å². The van der Waals surface area contributed by atoms with Gasteiger partial charge in [-0.3, -0.25) is 20.4 Å². The number of hydrogen-bond donors (Lipinski definition) is 4. The lowest BCUT2D eigenvalue weighted by Crippen LogP contribution is -2.38. The van der Waals surface area contributed by atoms with Gasteiger partial charge in [0.25, 0.3) is 0 Å². The fourth-order valence-electron chi connectivity index (χ4n) is 6.19. The van der Waals surface area contributed by atoms with Crippen molar-refractivity contribution in [3.05, 3.63) is 96.1 Å². The number of carbonyl (C=O) groups excluding carboxylic acids is 2. The van der Waals surface area contributed by atoms with Crippen molar-refractivity contribution in [2.45, 2.75) is 38.8 Å². The van der Waals surface area contributed by atoms with Crippen LogP contribution in [-0.4, -0.2) is 94.7 Å². The molecular formula is C34H46N8O2S2. The molecule has 3 aromatic carbocycles. The highest BCUT2D eigenvalue weighted by Gasteiger charge is 2.35. The molecule has 3 aromatic rings. The first-order chi connectivity index (χ1) is 21.3. The summed E-state index contributed by atoms with van der Waals surface area (Å²) < 4.78 is 0. The van der Waals surface area contributed by atoms with E-state index in [2.05, 4.69) is 34.9 Å². The average molecular weight is 663 g/mol. The number of hydrogen-bond acceptors (Lipinski definition) is 4. The lowest BCUT2D eigenvalue weighted by atomic mass is 10.1. The van der Waals surface area contributed by atoms with Gasteiger partial charge in [-0.1, -0.05) is 60.7 Å². The Kier molecular flexibility index (Phi) is 13.4. The third kappa shape index (κ3) is 8.97. The van der Waals surface area contributed by atoms with Crippen molar-refractivity contribution in [3.63, 3.8) is 0 Å². The molecule has 2 atom stereocenters. The first-order valence-corrected chi connectivity index (χ1v) is 15.3. The molecule has 0 saturated carbocycles. The van der Waals surface area contributed by atoms with Crippen molar-refractivity contribution in [1.82, 2.24) is 19.6 Å². The number of nitrogens with one attached hydrogen (secondary N) is 4. The van der Waals surface area contributed by atoms with Crippen molar-refractivity contribution < 1.29 is 9.59 Å². The molecule has 2 amide bonds. The maximum atomic E-state index is 12.9. The molecule has 5 rings (SSSR count). The summed E-state index contributed by atoms with van der Waals surface area (Å²) >= 11 is 0. The lowest BCUT2D eigenvalue weighted by Gasteiger charge is -2.23. The molecule has 46 heavy (non-hydrogen) atoms. The van der Waals surface area contributed by atoms with Crippen LogP contribution in [-0.2, 0) is 22.4 Å². The Balaban J connectivity index is 0.00000288. The van der Waals surface area contributed by atoms with Gasteiger partial charge in [-0.25, -0.2) is 0 Å². The average Bonchev–Trinajstić information content (AvgIpc) is 3.47. The largest absolute Gasteiger partial charge is 0.338 e. The van der Waals surface area contributed by atoms with Gasteiger partial charge in [-0.2, -0.15) is 27.0 Å². The molecule has 2 aliphatic heterocycles. The number of guanidine groups is 2. The van der Waals surface area contributed by atoms with Crippen molar-refractivity contribution >= 4 is 62.1 Å². The van der Waals surface area contributed by atoms with Gasteiger partial charge in [0.15, 0.2) is 11.9 Å². The molecule has 0 unspecified atom stereocenters. The van der Waals surface area contributed by atoms with Gasteiger partial charge < -0.3 is 30.2 Å². The van der Waals surface area contributed by atoms with Crippen LogP contribution >= 0.6 is 27.0 Å². The minimum atomic E-state index is -0.193. The summed E-state index contributed by atoms with van der Waals surface area (Å²) in [6.07, 6.45) is 1.65. The Labute approximate surface area is 286 Å². The highest BCUT2D eigenvalue weighted by atomic mass is 32.1. The van der Waals surface area contributed by atoms with Crippen LogP contribution in [0.15, 0.2) is 84.9 Å². The van der Waals surface area contributed by atoms with Gasteiger partial charge in [0.1, 0.15) is 13.1 Å². The predicted molar refractivity (Wildman–Crippen MR) is 196 cm³/mol. The monoisotopic (exact) mass is 662 g/mol. The Hall–Kier alpha value is -4.16. The number of rotatable bonds is 12. The molecular weight excluding hydrogens is 617 g/mol. The Morgan fingerprint density at radius 1 is 0.630 bits per heavy atom. The van der Waals surface area contributed by atoms with E-state index in [1.807, 2.05) is 69.8 Å². The summed E-state index contributed by atoms with van der Waals surface area (Å²) in [5, 5.41) is 23.1. The summed E-state index contributed by atoms with van der Waals surface area (Å²) in [5.74, 6) is 0.365. The van der Waals surface area contributed by atoms with E-state index < -0.39 is 0 Å². The maximum absolute atomic E-state index is 12.9. The number of benzene rings is 3. The smallest absolute Gasteiger partial charge is 0.244 e. The molecule has 0 aromatic heterocycles. The van der Waals surface area contributed by atoms with Crippen LogP contribution in [0, 0.1) is 10.8 Å². The minimum Gasteiger partial charge on any atom is -0.338 e. The van der Waals surface area contributed by atoms with Crippen LogP contribution in [0.4, 0.5) is 11.4 Å². The lowest BCUT2D eigenvalue weighted by molar-refractivity contribution is -0.117. The molecule has 0 bridgehead atoms. The molecule has 10 nitrogen and oxygen atoms in total. The van der Waals surface area contributed by atoms with E-state index in [-0.39, 0.29) is 64.0 Å². The van der Waals surface area contributed by atoms with Gasteiger partial charge in [-0.05, 0) is 62.1 Å². The first-order valence-electron chi connectivity index (χ1n) is 15.3. The van der Waals surface area contributed by atoms with E-state index in [0.29, 0.717) is 49.5 Å². The zero-order chi connectivity index (χ0) is 31.1. The summed E-state index contributed by atoms with van der Waals surface area (Å²) in [7, 11) is 0. The fraction of sp³-hybridized carbons (Fsp3) is 0.353. The summed E-state index contributed by atoms with van der Waals surface area (Å²) in [4.78, 5) is 33.5. The van der Waals surface area contributed by atoms with Gasteiger partial charge in [0.2, 0.25) is 11.8 Å². The Morgan fingerprint density at radius 2 is 0.978 bits per heavy atom. The molecule has 2 aliphatic rings. The number of nitrogens with zero attached hydrogens (tertiary/aromatic N) is 4. The zero-order valence-corrected chi connectivity index (χ0v) is 28.5. The van der Waals surface area contributed by atoms with Crippen LogP contribution in [0.25, 0.3) is 0 Å². The molecule has 2 heterocycles. The summed E-state index contributed by atoms with van der Waals surface area (Å²) in [5.41, 5.74) is 3.68. The standard InChI is InChI=1S/C34H42N8O2.2H2S/c1-3-41-29(19-25-11-7-5-8-12-25)21-39(33(41)35)23-31(43)37-27-15-17-28(18-16-27)38-32(44)24-40-22-30(42(4-2)34(40)36)20-26-13-9-6-10-14-26;;/h5-18,29-30,35-36H,3-4,19-24H2,1-2H3,(H,37,43)(H,38,44);2*1H2/t29-,30-;;/m0../s1. The van der Waals surface area contributed by atoms with E-state index in [1.165, 1.54) is 11.1 Å². The van der Waals surface area contributed by atoms with Gasteiger partial charge in [-0.15, -0.1) is 0 Å². The van der Waals surface area contributed by atoms with Crippen molar-refractivity contribution in [3.8, 4) is 0 Å². The van der Waals surface area contributed by atoms with Crippen LogP contribution in [0.5, 0.6) is 0 Å². The van der Waals surface area contributed by atoms with E-state index in [1.54, 1.807) is 24.3 Å². The number of likely N-dealkylation sites (N-methyl/N-ethyl adjacent to an activating group) is 2. The topological polar surface area (TPSA) is 119 Å². The molecule has 0 aliphatic carbocycles. The molecule has 246 valence electrons. The van der Waals surface area contributed by atoms with Crippen LogP contribution in [0.3, 0.4) is 0 Å². The fourth-order valence-corrected chi connectivity index (χ4v) is 6.19. The molecule has 4 N–H and O–H groups in total. The van der Waals surface area contributed by atoms with Gasteiger partial charge in [0.05, 0.1) is 12.1 Å². The number of anilines is 2. The normalized spacial score (nSPS) is 17.4. The van der Waals surface area contributed by atoms with Gasteiger partial charge in [0, 0.05) is 37.6 Å². The van der Waals surface area contributed by atoms with E-state index in [0.717, 1.165) is 12.8 Å². The van der Waals surface area contributed by atoms with Crippen LogP contribution in [0.1, 0.15) is 25.0 Å². The molecule has 12 heteroatoms. The predicted octanol–water partition coefficient (Wildman–Crippen LogP) is 4.16.